The summed E-state index contributed by atoms with van der Waals surface area (Å²) in [5, 5.41) is 0. The number of allylic oxidation sites excluding steroid dienone is 2. The van der Waals surface area contributed by atoms with Gasteiger partial charge >= 0.3 is 0 Å². The average Bonchev–Trinajstić information content (AvgIpc) is 2.37. The maximum absolute atomic E-state index is 3.97. The summed E-state index contributed by atoms with van der Waals surface area (Å²) in [6, 6.07) is 14.2. The molecule has 0 N–H and O–H groups in total. The second-order valence-electron chi connectivity index (χ2n) is 3.41. The summed E-state index contributed by atoms with van der Waals surface area (Å²) < 4.78 is 0. The molecule has 0 spiro atoms. The summed E-state index contributed by atoms with van der Waals surface area (Å²) in [6.07, 6.45) is 11.8. The van der Waals surface area contributed by atoms with Gasteiger partial charge in [0, 0.05) is 12.4 Å². The number of pyridine rings is 1. The van der Waals surface area contributed by atoms with Crippen LogP contribution < -0.4 is 0 Å². The summed E-state index contributed by atoms with van der Waals surface area (Å²) in [5.41, 5.74) is 2.37. The Kier molecular flexibility index (Phi) is 3.67. The molecule has 0 saturated carbocycles. The van der Waals surface area contributed by atoms with E-state index in [1.807, 2.05) is 42.5 Å². The van der Waals surface area contributed by atoms with Gasteiger partial charge in [0.1, 0.15) is 0 Å². The van der Waals surface area contributed by atoms with E-state index in [1.54, 1.807) is 12.4 Å². The molecule has 0 aliphatic rings. The number of nitrogens with zero attached hydrogens (tertiary/aromatic N) is 1. The molecule has 2 aromatic rings. The van der Waals surface area contributed by atoms with Crippen LogP contribution in [0.15, 0.2) is 67.0 Å². The third kappa shape index (κ3) is 3.21. The molecule has 0 bridgehead atoms. The van der Waals surface area contributed by atoms with Gasteiger partial charge in [0.15, 0.2) is 0 Å². The summed E-state index contributed by atoms with van der Waals surface area (Å²) in [7, 11) is 0. The molecular formula is C15H13N. The SMILES string of the molecule is C(C=Cc1ccncc1)=Cc1ccccc1. The van der Waals surface area contributed by atoms with E-state index in [9.17, 15) is 0 Å². The summed E-state index contributed by atoms with van der Waals surface area (Å²) in [4.78, 5) is 3.97. The van der Waals surface area contributed by atoms with Crippen LogP contribution in [0.2, 0.25) is 0 Å². The van der Waals surface area contributed by atoms with Crippen molar-refractivity contribution < 1.29 is 0 Å². The lowest BCUT2D eigenvalue weighted by Crippen LogP contribution is -1.71. The number of hydrogen-bond acceptors (Lipinski definition) is 1. The van der Waals surface area contributed by atoms with Gasteiger partial charge in [-0.2, -0.15) is 0 Å². The van der Waals surface area contributed by atoms with Gasteiger partial charge in [-0.3, -0.25) is 4.98 Å². The third-order valence-electron chi connectivity index (χ3n) is 2.19. The van der Waals surface area contributed by atoms with Crippen molar-refractivity contribution in [1.29, 1.82) is 0 Å². The van der Waals surface area contributed by atoms with Gasteiger partial charge in [-0.25, -0.2) is 0 Å². The van der Waals surface area contributed by atoms with Crippen LogP contribution in [0.4, 0.5) is 0 Å². The number of hydrogen-bond donors (Lipinski definition) is 0. The maximum atomic E-state index is 3.97. The number of benzene rings is 1. The van der Waals surface area contributed by atoms with Crippen LogP contribution in [0.1, 0.15) is 11.1 Å². The Morgan fingerprint density at radius 3 is 1.88 bits per heavy atom. The second-order valence-corrected chi connectivity index (χ2v) is 3.41. The van der Waals surface area contributed by atoms with Crippen LogP contribution in [-0.4, -0.2) is 4.98 Å². The van der Waals surface area contributed by atoms with Crippen molar-refractivity contribution in [2.45, 2.75) is 0 Å². The Balaban J connectivity index is 1.98. The molecule has 0 unspecified atom stereocenters. The van der Waals surface area contributed by atoms with E-state index in [0.717, 1.165) is 5.56 Å². The van der Waals surface area contributed by atoms with E-state index in [-0.39, 0.29) is 0 Å². The van der Waals surface area contributed by atoms with Crippen molar-refractivity contribution in [2.24, 2.45) is 0 Å². The number of aromatic nitrogens is 1. The monoisotopic (exact) mass is 207 g/mol. The highest BCUT2D eigenvalue weighted by atomic mass is 14.6. The predicted molar refractivity (Wildman–Crippen MR) is 68.7 cm³/mol. The average molecular weight is 207 g/mol. The smallest absolute Gasteiger partial charge is 0.0273 e. The Labute approximate surface area is 95.8 Å². The van der Waals surface area contributed by atoms with Crippen molar-refractivity contribution in [3.05, 3.63) is 78.1 Å². The van der Waals surface area contributed by atoms with Gasteiger partial charge in [0.2, 0.25) is 0 Å². The molecule has 78 valence electrons. The van der Waals surface area contributed by atoms with Gasteiger partial charge in [-0.1, -0.05) is 54.6 Å². The largest absolute Gasteiger partial charge is 0.265 e. The zero-order valence-corrected chi connectivity index (χ0v) is 8.95. The summed E-state index contributed by atoms with van der Waals surface area (Å²) >= 11 is 0. The minimum absolute atomic E-state index is 1.16. The molecule has 1 aromatic carbocycles. The normalized spacial score (nSPS) is 11.2. The molecule has 1 heteroatoms. The molecule has 0 saturated heterocycles. The molecule has 0 aliphatic heterocycles. The molecule has 1 aromatic heterocycles. The molecule has 0 amide bonds. The van der Waals surface area contributed by atoms with Gasteiger partial charge in [-0.15, -0.1) is 0 Å². The third-order valence-corrected chi connectivity index (χ3v) is 2.19. The second kappa shape index (κ2) is 5.66. The quantitative estimate of drug-likeness (QED) is 0.697. The van der Waals surface area contributed by atoms with E-state index < -0.39 is 0 Å². The molecule has 2 rings (SSSR count). The molecule has 0 atom stereocenters. The molecule has 1 heterocycles. The highest BCUT2D eigenvalue weighted by molar-refractivity contribution is 5.56. The molecule has 16 heavy (non-hydrogen) atoms. The van der Waals surface area contributed by atoms with Crippen molar-refractivity contribution in [2.75, 3.05) is 0 Å². The maximum Gasteiger partial charge on any atom is 0.0273 e. The van der Waals surface area contributed by atoms with E-state index in [0.29, 0.717) is 0 Å². The van der Waals surface area contributed by atoms with Gasteiger partial charge in [-0.05, 0) is 23.3 Å². The first-order valence-electron chi connectivity index (χ1n) is 5.25. The lowest BCUT2D eigenvalue weighted by Gasteiger charge is -1.90. The van der Waals surface area contributed by atoms with Crippen LogP contribution in [0.25, 0.3) is 12.2 Å². The summed E-state index contributed by atoms with van der Waals surface area (Å²) in [6.45, 7) is 0. The summed E-state index contributed by atoms with van der Waals surface area (Å²) in [5.74, 6) is 0. The van der Waals surface area contributed by atoms with Crippen molar-refractivity contribution >= 4 is 12.2 Å². The Hall–Kier alpha value is -2.15. The fourth-order valence-electron chi connectivity index (χ4n) is 1.37. The minimum Gasteiger partial charge on any atom is -0.265 e. The van der Waals surface area contributed by atoms with Gasteiger partial charge in [0.05, 0.1) is 0 Å². The molecule has 0 radical (unpaired) electrons. The van der Waals surface area contributed by atoms with E-state index in [2.05, 4.69) is 29.3 Å². The fraction of sp³-hybridized carbons (Fsp3) is 0. The Bertz CT molecular complexity index is 422. The lowest BCUT2D eigenvalue weighted by atomic mass is 10.2. The van der Waals surface area contributed by atoms with E-state index in [4.69, 9.17) is 0 Å². The molecule has 1 nitrogen and oxygen atoms in total. The number of rotatable bonds is 3. The van der Waals surface area contributed by atoms with Crippen molar-refractivity contribution in [3.8, 4) is 0 Å². The first-order valence-corrected chi connectivity index (χ1v) is 5.25. The Morgan fingerprint density at radius 1 is 0.688 bits per heavy atom. The van der Waals surface area contributed by atoms with Crippen LogP contribution in [0.3, 0.4) is 0 Å². The van der Waals surface area contributed by atoms with Crippen molar-refractivity contribution in [1.82, 2.24) is 4.98 Å². The fourth-order valence-corrected chi connectivity index (χ4v) is 1.37. The molecule has 0 aliphatic carbocycles. The zero-order chi connectivity index (χ0) is 11.1. The van der Waals surface area contributed by atoms with Crippen LogP contribution in [0.5, 0.6) is 0 Å². The lowest BCUT2D eigenvalue weighted by molar-refractivity contribution is 1.32. The van der Waals surface area contributed by atoms with Crippen LogP contribution in [-0.2, 0) is 0 Å². The minimum atomic E-state index is 1.16. The topological polar surface area (TPSA) is 12.9 Å². The molecule has 0 fully saturated rings. The first kappa shape index (κ1) is 10.4. The van der Waals surface area contributed by atoms with Crippen LogP contribution in [0, 0.1) is 0 Å². The van der Waals surface area contributed by atoms with E-state index in [1.165, 1.54) is 5.56 Å². The highest BCUT2D eigenvalue weighted by Crippen LogP contribution is 2.03. The van der Waals surface area contributed by atoms with Gasteiger partial charge < -0.3 is 0 Å². The van der Waals surface area contributed by atoms with Gasteiger partial charge in [0.25, 0.3) is 0 Å². The van der Waals surface area contributed by atoms with Crippen molar-refractivity contribution in [3.63, 3.8) is 0 Å². The predicted octanol–water partition coefficient (Wildman–Crippen LogP) is 3.81. The van der Waals surface area contributed by atoms with Crippen LogP contribution >= 0.6 is 0 Å². The standard InChI is InChI=1S/C15H13N/c1-2-6-14(7-3-1)8-4-5-9-15-10-12-16-13-11-15/h1-13H. The molecular weight excluding hydrogens is 194 g/mol. The highest BCUT2D eigenvalue weighted by Gasteiger charge is 1.82. The first-order chi connectivity index (χ1) is 7.95. The Morgan fingerprint density at radius 2 is 1.25 bits per heavy atom. The van der Waals surface area contributed by atoms with E-state index >= 15 is 0 Å². The zero-order valence-electron chi connectivity index (χ0n) is 8.95.